The van der Waals surface area contributed by atoms with E-state index in [0.717, 1.165) is 16.8 Å². The van der Waals surface area contributed by atoms with Crippen LogP contribution in [0.15, 0.2) is 34.8 Å². The lowest BCUT2D eigenvalue weighted by molar-refractivity contribution is -0.115. The number of hydrogen-bond acceptors (Lipinski definition) is 7. The predicted molar refractivity (Wildman–Crippen MR) is 102 cm³/mol. The molecule has 0 bridgehead atoms. The van der Waals surface area contributed by atoms with Gasteiger partial charge in [0.05, 0.1) is 11.3 Å². The average molecular weight is 384 g/mol. The van der Waals surface area contributed by atoms with E-state index in [1.807, 2.05) is 32.0 Å². The highest BCUT2D eigenvalue weighted by molar-refractivity contribution is 7.99. The molecule has 3 aromatic rings. The molecule has 0 aliphatic rings. The lowest BCUT2D eigenvalue weighted by Crippen LogP contribution is -2.12. The fourth-order valence-corrected chi connectivity index (χ4v) is 3.88. The molecule has 0 unspecified atom stereocenters. The van der Waals surface area contributed by atoms with Gasteiger partial charge in [0, 0.05) is 12.2 Å². The number of tetrazole rings is 1. The normalized spacial score (nSPS) is 10.5. The minimum absolute atomic E-state index is 0.137. The van der Waals surface area contributed by atoms with Crippen LogP contribution in [0.1, 0.15) is 23.1 Å². The summed E-state index contributed by atoms with van der Waals surface area (Å²) in [5.41, 5.74) is 3.69. The third-order valence-electron chi connectivity index (χ3n) is 3.84. The van der Waals surface area contributed by atoms with Crippen molar-refractivity contribution in [3.8, 4) is 11.8 Å². The van der Waals surface area contributed by atoms with Crippen molar-refractivity contribution in [1.29, 1.82) is 5.26 Å². The fourth-order valence-electron chi connectivity index (χ4n) is 2.30. The number of nitrogens with zero attached hydrogens (tertiary/aromatic N) is 5. The Kier molecular flexibility index (Phi) is 5.65. The van der Waals surface area contributed by atoms with Crippen LogP contribution < -0.4 is 5.32 Å². The molecular formula is C17H16N6OS2. The topological polar surface area (TPSA) is 96.5 Å². The molecule has 2 aromatic heterocycles. The molecule has 1 N–H and O–H groups in total. The Balaban J connectivity index is 1.61. The summed E-state index contributed by atoms with van der Waals surface area (Å²) in [6.45, 7) is 4.07. The Labute approximate surface area is 159 Å². The minimum atomic E-state index is -0.137. The number of carbonyl (C=O) groups excluding carboxylic acids is 1. The number of thiophene rings is 1. The fraction of sp³-hybridized carbons (Fsp3) is 0.235. The molecule has 7 nitrogen and oxygen atoms in total. The zero-order valence-electron chi connectivity index (χ0n) is 14.3. The Hall–Kier alpha value is -2.70. The van der Waals surface area contributed by atoms with Crippen LogP contribution in [0, 0.1) is 25.2 Å². The molecule has 0 saturated carbocycles. The van der Waals surface area contributed by atoms with Gasteiger partial charge in [-0.15, -0.1) is 16.4 Å². The molecule has 0 radical (unpaired) electrons. The van der Waals surface area contributed by atoms with Gasteiger partial charge in [0.25, 0.3) is 0 Å². The van der Waals surface area contributed by atoms with Crippen molar-refractivity contribution in [1.82, 2.24) is 20.2 Å². The van der Waals surface area contributed by atoms with E-state index in [0.29, 0.717) is 27.9 Å². The number of carbonyl (C=O) groups is 1. The molecule has 0 fully saturated rings. The first-order chi connectivity index (χ1) is 12.6. The number of anilines is 1. The van der Waals surface area contributed by atoms with Gasteiger partial charge in [0.1, 0.15) is 11.1 Å². The van der Waals surface area contributed by atoms with Gasteiger partial charge in [-0.2, -0.15) is 9.94 Å². The largest absolute Gasteiger partial charge is 0.317 e. The predicted octanol–water partition coefficient (Wildman–Crippen LogP) is 3.33. The molecule has 1 aromatic carbocycles. The number of hydrogen-bond donors (Lipinski definition) is 1. The van der Waals surface area contributed by atoms with E-state index in [9.17, 15) is 4.79 Å². The highest BCUT2D eigenvalue weighted by Gasteiger charge is 2.13. The second-order valence-electron chi connectivity index (χ2n) is 5.51. The molecule has 3 rings (SSSR count). The summed E-state index contributed by atoms with van der Waals surface area (Å²) in [6.07, 6.45) is 0.299. The Morgan fingerprint density at radius 3 is 3.04 bits per heavy atom. The molecule has 1 amide bonds. The lowest BCUT2D eigenvalue weighted by Gasteiger charge is -2.09. The Bertz CT molecular complexity index is 972. The Morgan fingerprint density at radius 1 is 1.38 bits per heavy atom. The highest BCUT2D eigenvalue weighted by atomic mass is 32.2. The summed E-state index contributed by atoms with van der Waals surface area (Å²) in [5, 5.41) is 26.6. The van der Waals surface area contributed by atoms with Crippen molar-refractivity contribution in [3.05, 3.63) is 46.3 Å². The van der Waals surface area contributed by atoms with E-state index in [2.05, 4.69) is 26.9 Å². The van der Waals surface area contributed by atoms with E-state index in [4.69, 9.17) is 5.26 Å². The molecule has 0 aliphatic heterocycles. The van der Waals surface area contributed by atoms with Crippen molar-refractivity contribution in [2.75, 3.05) is 11.1 Å². The van der Waals surface area contributed by atoms with Crippen LogP contribution in [-0.2, 0) is 4.79 Å². The number of nitrogens with one attached hydrogen (secondary N) is 1. The first-order valence-electron chi connectivity index (χ1n) is 7.85. The maximum Gasteiger partial charge on any atom is 0.225 e. The van der Waals surface area contributed by atoms with Crippen molar-refractivity contribution in [2.24, 2.45) is 0 Å². The lowest BCUT2D eigenvalue weighted by atomic mass is 10.1. The van der Waals surface area contributed by atoms with Gasteiger partial charge < -0.3 is 5.32 Å². The number of amides is 1. The number of benzene rings is 1. The molecule has 0 saturated heterocycles. The number of aryl methyl sites for hydroxylation is 1. The van der Waals surface area contributed by atoms with E-state index in [-0.39, 0.29) is 5.91 Å². The molecule has 2 heterocycles. The SMILES string of the molecule is Cc1cccc(-n2nnnc2SCCC(=O)Nc2sccc2C#N)c1C. The molecule has 9 heteroatoms. The average Bonchev–Trinajstić information content (AvgIpc) is 3.26. The number of nitriles is 1. The third kappa shape index (κ3) is 3.92. The smallest absolute Gasteiger partial charge is 0.225 e. The zero-order chi connectivity index (χ0) is 18.5. The van der Waals surface area contributed by atoms with Gasteiger partial charge in [-0.3, -0.25) is 4.79 Å². The highest BCUT2D eigenvalue weighted by Crippen LogP contribution is 2.24. The summed E-state index contributed by atoms with van der Waals surface area (Å²) in [4.78, 5) is 12.1. The third-order valence-corrected chi connectivity index (χ3v) is 5.59. The van der Waals surface area contributed by atoms with Crippen molar-refractivity contribution >= 4 is 34.0 Å². The van der Waals surface area contributed by atoms with Gasteiger partial charge in [-0.25, -0.2) is 0 Å². The first-order valence-corrected chi connectivity index (χ1v) is 9.72. The van der Waals surface area contributed by atoms with E-state index in [1.165, 1.54) is 23.1 Å². The maximum atomic E-state index is 12.1. The van der Waals surface area contributed by atoms with E-state index in [1.54, 1.807) is 16.1 Å². The summed E-state index contributed by atoms with van der Waals surface area (Å²) in [5.74, 6) is 0.395. The van der Waals surface area contributed by atoms with Crippen LogP contribution >= 0.6 is 23.1 Å². The van der Waals surface area contributed by atoms with Crippen molar-refractivity contribution < 1.29 is 4.79 Å². The summed E-state index contributed by atoms with van der Waals surface area (Å²) in [6, 6.07) is 9.72. The van der Waals surface area contributed by atoms with Crippen LogP contribution in [0.2, 0.25) is 0 Å². The molecule has 0 spiro atoms. The molecule has 26 heavy (non-hydrogen) atoms. The molecular weight excluding hydrogens is 368 g/mol. The second-order valence-corrected chi connectivity index (χ2v) is 7.49. The van der Waals surface area contributed by atoms with Gasteiger partial charge in [0.2, 0.25) is 11.1 Å². The van der Waals surface area contributed by atoms with E-state index >= 15 is 0 Å². The minimum Gasteiger partial charge on any atom is -0.317 e. The van der Waals surface area contributed by atoms with Crippen LogP contribution in [0.25, 0.3) is 5.69 Å². The van der Waals surface area contributed by atoms with Crippen molar-refractivity contribution in [2.45, 2.75) is 25.4 Å². The molecule has 0 atom stereocenters. The summed E-state index contributed by atoms with van der Waals surface area (Å²) < 4.78 is 1.69. The monoisotopic (exact) mass is 384 g/mol. The first kappa shape index (κ1) is 18.1. The Morgan fingerprint density at radius 2 is 2.23 bits per heavy atom. The summed E-state index contributed by atoms with van der Waals surface area (Å²) >= 11 is 2.76. The van der Waals surface area contributed by atoms with Gasteiger partial charge in [-0.05, 0) is 52.9 Å². The van der Waals surface area contributed by atoms with Crippen LogP contribution in [0.3, 0.4) is 0 Å². The molecule has 132 valence electrons. The van der Waals surface area contributed by atoms with Gasteiger partial charge in [-0.1, -0.05) is 23.9 Å². The van der Waals surface area contributed by atoms with Crippen LogP contribution in [0.5, 0.6) is 0 Å². The van der Waals surface area contributed by atoms with E-state index < -0.39 is 0 Å². The number of aromatic nitrogens is 4. The van der Waals surface area contributed by atoms with Crippen LogP contribution in [-0.4, -0.2) is 31.9 Å². The van der Waals surface area contributed by atoms with Gasteiger partial charge >= 0.3 is 0 Å². The summed E-state index contributed by atoms with van der Waals surface area (Å²) in [7, 11) is 0. The molecule has 0 aliphatic carbocycles. The standard InChI is InChI=1S/C17H16N6OS2/c1-11-4-3-5-14(12(11)2)23-17(20-21-22-23)26-9-7-15(24)19-16-13(10-18)6-8-25-16/h3-6,8H,7,9H2,1-2H3,(H,19,24). The number of thioether (sulfide) groups is 1. The zero-order valence-corrected chi connectivity index (χ0v) is 15.9. The maximum absolute atomic E-state index is 12.1. The van der Waals surface area contributed by atoms with Crippen LogP contribution in [0.4, 0.5) is 5.00 Å². The second kappa shape index (κ2) is 8.12. The van der Waals surface area contributed by atoms with Gasteiger partial charge in [0.15, 0.2) is 0 Å². The number of rotatable bonds is 6. The quantitative estimate of drug-likeness (QED) is 0.655. The van der Waals surface area contributed by atoms with Crippen molar-refractivity contribution in [3.63, 3.8) is 0 Å².